The summed E-state index contributed by atoms with van der Waals surface area (Å²) in [6, 6.07) is 0. The van der Waals surface area contributed by atoms with Crippen molar-refractivity contribution in [2.45, 2.75) is 37.4 Å². The smallest absolute Gasteiger partial charge is 0.230 e. The molecule has 1 fully saturated rings. The average molecular weight is 270 g/mol. The number of aromatic amines is 1. The molecule has 1 aromatic rings. The van der Waals surface area contributed by atoms with Gasteiger partial charge in [-0.05, 0) is 19.3 Å². The molecule has 0 spiro atoms. The molecule has 2 heterocycles. The highest BCUT2D eigenvalue weighted by molar-refractivity contribution is 7.99. The Morgan fingerprint density at radius 3 is 3.28 bits per heavy atom. The van der Waals surface area contributed by atoms with Crippen LogP contribution in [-0.4, -0.2) is 40.0 Å². The number of hydrogen-bond donors (Lipinski definition) is 2. The van der Waals surface area contributed by atoms with E-state index in [-0.39, 0.29) is 12.0 Å². The minimum Gasteiger partial charge on any atom is -0.370 e. The number of ether oxygens (including phenoxy) is 1. The van der Waals surface area contributed by atoms with Gasteiger partial charge < -0.3 is 10.1 Å². The van der Waals surface area contributed by atoms with Gasteiger partial charge in [-0.3, -0.25) is 9.89 Å². The SMILES string of the molecule is CCCNC(=O)CSc1n[nH]c(C2CCCO2)n1. The molecule has 0 bridgehead atoms. The maximum absolute atomic E-state index is 11.4. The maximum atomic E-state index is 11.4. The van der Waals surface area contributed by atoms with E-state index in [1.54, 1.807) is 0 Å². The Balaban J connectivity index is 1.77. The fourth-order valence-corrected chi connectivity index (χ4v) is 2.34. The normalized spacial score (nSPS) is 19.1. The number of rotatable bonds is 6. The predicted octanol–water partition coefficient (Wildman–Crippen LogP) is 1.27. The lowest BCUT2D eigenvalue weighted by molar-refractivity contribution is -0.118. The van der Waals surface area contributed by atoms with E-state index < -0.39 is 0 Å². The zero-order valence-corrected chi connectivity index (χ0v) is 11.3. The lowest BCUT2D eigenvalue weighted by Crippen LogP contribution is -2.25. The highest BCUT2D eigenvalue weighted by Crippen LogP contribution is 2.26. The first kappa shape index (κ1) is 13.4. The molecular weight excluding hydrogens is 252 g/mol. The van der Waals surface area contributed by atoms with Crippen LogP contribution in [0, 0.1) is 0 Å². The Kier molecular flexibility index (Phi) is 5.00. The third-order valence-corrected chi connectivity index (χ3v) is 3.47. The first-order chi connectivity index (χ1) is 8.79. The standard InChI is InChI=1S/C11H18N4O2S/c1-2-5-12-9(16)7-18-11-13-10(14-15-11)8-4-3-6-17-8/h8H,2-7H2,1H3,(H,12,16)(H,13,14,15). The van der Waals surface area contributed by atoms with E-state index in [4.69, 9.17) is 4.74 Å². The lowest BCUT2D eigenvalue weighted by Gasteiger charge is -2.03. The van der Waals surface area contributed by atoms with Crippen LogP contribution in [0.4, 0.5) is 0 Å². The average Bonchev–Trinajstić information content (AvgIpc) is 3.03. The van der Waals surface area contributed by atoms with Crippen LogP contribution in [0.25, 0.3) is 0 Å². The summed E-state index contributed by atoms with van der Waals surface area (Å²) < 4.78 is 5.51. The lowest BCUT2D eigenvalue weighted by atomic mass is 10.2. The van der Waals surface area contributed by atoms with Crippen molar-refractivity contribution in [3.63, 3.8) is 0 Å². The number of carbonyl (C=O) groups excluding carboxylic acids is 1. The molecule has 18 heavy (non-hydrogen) atoms. The van der Waals surface area contributed by atoms with Gasteiger partial charge in [-0.25, -0.2) is 4.98 Å². The van der Waals surface area contributed by atoms with Crippen LogP contribution in [0.2, 0.25) is 0 Å². The molecule has 7 heteroatoms. The molecule has 2 N–H and O–H groups in total. The summed E-state index contributed by atoms with van der Waals surface area (Å²) in [7, 11) is 0. The van der Waals surface area contributed by atoms with Crippen LogP contribution in [0.3, 0.4) is 0 Å². The zero-order chi connectivity index (χ0) is 12.8. The van der Waals surface area contributed by atoms with E-state index >= 15 is 0 Å². The molecule has 6 nitrogen and oxygen atoms in total. The molecular formula is C11H18N4O2S. The second-order valence-corrected chi connectivity index (χ2v) is 5.09. The van der Waals surface area contributed by atoms with Crippen LogP contribution in [-0.2, 0) is 9.53 Å². The summed E-state index contributed by atoms with van der Waals surface area (Å²) in [6.45, 7) is 3.53. The molecule has 1 aliphatic rings. The minimum atomic E-state index is 0.0188. The minimum absolute atomic E-state index is 0.0188. The van der Waals surface area contributed by atoms with E-state index in [1.165, 1.54) is 11.8 Å². The largest absolute Gasteiger partial charge is 0.370 e. The van der Waals surface area contributed by atoms with Gasteiger partial charge in [-0.15, -0.1) is 5.10 Å². The molecule has 1 amide bonds. The molecule has 0 radical (unpaired) electrons. The number of nitrogens with zero attached hydrogens (tertiary/aromatic N) is 2. The number of amides is 1. The topological polar surface area (TPSA) is 79.9 Å². The number of aromatic nitrogens is 3. The van der Waals surface area contributed by atoms with Crippen molar-refractivity contribution in [2.75, 3.05) is 18.9 Å². The van der Waals surface area contributed by atoms with Crippen LogP contribution in [0.5, 0.6) is 0 Å². The summed E-state index contributed by atoms with van der Waals surface area (Å²) in [4.78, 5) is 15.8. The maximum Gasteiger partial charge on any atom is 0.230 e. The van der Waals surface area contributed by atoms with E-state index in [9.17, 15) is 4.79 Å². The molecule has 2 rings (SSSR count). The Bertz CT molecular complexity index is 390. The first-order valence-electron chi connectivity index (χ1n) is 6.23. The van der Waals surface area contributed by atoms with Crippen molar-refractivity contribution in [1.82, 2.24) is 20.5 Å². The molecule has 1 atom stereocenters. The molecule has 0 aliphatic carbocycles. The molecule has 0 saturated carbocycles. The Morgan fingerprint density at radius 1 is 1.67 bits per heavy atom. The van der Waals surface area contributed by atoms with Gasteiger partial charge in [0.05, 0.1) is 5.75 Å². The van der Waals surface area contributed by atoms with Gasteiger partial charge >= 0.3 is 0 Å². The molecule has 100 valence electrons. The van der Waals surface area contributed by atoms with Crippen molar-refractivity contribution < 1.29 is 9.53 Å². The fraction of sp³-hybridized carbons (Fsp3) is 0.727. The third-order valence-electron chi connectivity index (χ3n) is 2.62. The second kappa shape index (κ2) is 6.75. The van der Waals surface area contributed by atoms with Crippen LogP contribution < -0.4 is 5.32 Å². The van der Waals surface area contributed by atoms with Gasteiger partial charge in [0.1, 0.15) is 6.10 Å². The molecule has 1 aromatic heterocycles. The molecule has 1 aliphatic heterocycles. The highest BCUT2D eigenvalue weighted by Gasteiger charge is 2.21. The Morgan fingerprint density at radius 2 is 2.56 bits per heavy atom. The van der Waals surface area contributed by atoms with Crippen molar-refractivity contribution in [2.24, 2.45) is 0 Å². The van der Waals surface area contributed by atoms with E-state index in [1.807, 2.05) is 6.92 Å². The van der Waals surface area contributed by atoms with Crippen LogP contribution >= 0.6 is 11.8 Å². The highest BCUT2D eigenvalue weighted by atomic mass is 32.2. The van der Waals surface area contributed by atoms with Crippen LogP contribution in [0.15, 0.2) is 5.16 Å². The zero-order valence-electron chi connectivity index (χ0n) is 10.4. The van der Waals surface area contributed by atoms with Crippen molar-refractivity contribution in [3.05, 3.63) is 5.82 Å². The van der Waals surface area contributed by atoms with Crippen molar-refractivity contribution in [3.8, 4) is 0 Å². The van der Waals surface area contributed by atoms with Crippen LogP contribution in [0.1, 0.15) is 38.1 Å². The summed E-state index contributed by atoms with van der Waals surface area (Å²) >= 11 is 1.34. The Labute approximate surface area is 110 Å². The summed E-state index contributed by atoms with van der Waals surface area (Å²) in [5, 5.41) is 10.4. The van der Waals surface area contributed by atoms with E-state index in [0.717, 1.165) is 31.7 Å². The van der Waals surface area contributed by atoms with E-state index in [2.05, 4.69) is 20.5 Å². The van der Waals surface area contributed by atoms with Gasteiger partial charge in [-0.1, -0.05) is 18.7 Å². The first-order valence-corrected chi connectivity index (χ1v) is 7.21. The monoisotopic (exact) mass is 270 g/mol. The number of hydrogen-bond acceptors (Lipinski definition) is 5. The molecule has 0 aromatic carbocycles. The van der Waals surface area contributed by atoms with Gasteiger partial charge in [0, 0.05) is 13.2 Å². The predicted molar refractivity (Wildman–Crippen MR) is 68.3 cm³/mol. The summed E-state index contributed by atoms with van der Waals surface area (Å²) in [5.41, 5.74) is 0. The number of thioether (sulfide) groups is 1. The second-order valence-electron chi connectivity index (χ2n) is 4.14. The van der Waals surface area contributed by atoms with E-state index in [0.29, 0.717) is 17.5 Å². The van der Waals surface area contributed by atoms with Crippen molar-refractivity contribution in [1.29, 1.82) is 0 Å². The number of H-pyrrole nitrogens is 1. The third kappa shape index (κ3) is 3.71. The summed E-state index contributed by atoms with van der Waals surface area (Å²) in [6.07, 6.45) is 3.03. The molecule has 1 saturated heterocycles. The number of nitrogens with one attached hydrogen (secondary N) is 2. The fourth-order valence-electron chi connectivity index (χ4n) is 1.71. The van der Waals surface area contributed by atoms with Gasteiger partial charge in [0.25, 0.3) is 0 Å². The molecule has 1 unspecified atom stereocenters. The quantitative estimate of drug-likeness (QED) is 0.761. The Hall–Kier alpha value is -1.08. The summed E-state index contributed by atoms with van der Waals surface area (Å²) in [5.74, 6) is 1.14. The van der Waals surface area contributed by atoms with Gasteiger partial charge in [-0.2, -0.15) is 0 Å². The van der Waals surface area contributed by atoms with Crippen molar-refractivity contribution >= 4 is 17.7 Å². The number of carbonyl (C=O) groups is 1. The van der Waals surface area contributed by atoms with Gasteiger partial charge in [0.2, 0.25) is 11.1 Å². The van der Waals surface area contributed by atoms with Gasteiger partial charge in [0.15, 0.2) is 5.82 Å².